The predicted octanol–water partition coefficient (Wildman–Crippen LogP) is 7.83. The molecule has 0 amide bonds. The lowest BCUT2D eigenvalue weighted by atomic mass is 9.97. The fourth-order valence-corrected chi connectivity index (χ4v) is 4.14. The van der Waals surface area contributed by atoms with E-state index in [1.165, 1.54) is 23.8 Å². The molecule has 0 spiro atoms. The first-order valence-corrected chi connectivity index (χ1v) is 10.3. The molecule has 3 aromatic carbocycles. The lowest BCUT2D eigenvalue weighted by Crippen LogP contribution is -2.16. The standard InChI is InChI=1S/C25H21F5O/c1-2-3-4-5-15-6-11-19-17(12-15)13-21-20(19)14-22(26)23(24(21)27)16-7-9-18(10-8-16)31-25(28,29)30/h6-12,14H,2-5,13H2,1H3. The van der Waals surface area contributed by atoms with Gasteiger partial charge in [0.2, 0.25) is 0 Å². The van der Waals surface area contributed by atoms with Crippen molar-refractivity contribution in [2.75, 3.05) is 0 Å². The summed E-state index contributed by atoms with van der Waals surface area (Å²) < 4.78 is 71.1. The Morgan fingerprint density at radius 2 is 1.65 bits per heavy atom. The van der Waals surface area contributed by atoms with Crippen molar-refractivity contribution in [3.8, 4) is 28.0 Å². The molecule has 31 heavy (non-hydrogen) atoms. The lowest BCUT2D eigenvalue weighted by Gasteiger charge is -2.12. The van der Waals surface area contributed by atoms with Gasteiger partial charge in [0.25, 0.3) is 0 Å². The average molecular weight is 432 g/mol. The quantitative estimate of drug-likeness (QED) is 0.223. The fourth-order valence-electron chi connectivity index (χ4n) is 4.14. The van der Waals surface area contributed by atoms with E-state index in [0.29, 0.717) is 17.5 Å². The molecule has 0 aromatic heterocycles. The summed E-state index contributed by atoms with van der Waals surface area (Å²) >= 11 is 0. The Kier molecular flexibility index (Phi) is 5.73. The normalized spacial score (nSPS) is 12.6. The van der Waals surface area contributed by atoms with E-state index in [4.69, 9.17) is 0 Å². The van der Waals surface area contributed by atoms with Crippen molar-refractivity contribution in [3.63, 3.8) is 0 Å². The van der Waals surface area contributed by atoms with Crippen molar-refractivity contribution in [2.45, 2.75) is 45.4 Å². The Hall–Kier alpha value is -2.89. The van der Waals surface area contributed by atoms with E-state index in [2.05, 4.69) is 17.7 Å². The third-order valence-electron chi connectivity index (χ3n) is 5.59. The highest BCUT2D eigenvalue weighted by atomic mass is 19.4. The molecule has 0 aliphatic heterocycles. The molecule has 6 heteroatoms. The largest absolute Gasteiger partial charge is 0.573 e. The minimum Gasteiger partial charge on any atom is -0.406 e. The fraction of sp³-hybridized carbons (Fsp3) is 0.280. The van der Waals surface area contributed by atoms with E-state index in [9.17, 15) is 17.6 Å². The highest BCUT2D eigenvalue weighted by Gasteiger charge is 2.31. The maximum atomic E-state index is 15.4. The van der Waals surface area contributed by atoms with Gasteiger partial charge in [0.1, 0.15) is 17.4 Å². The second-order valence-electron chi connectivity index (χ2n) is 7.77. The Morgan fingerprint density at radius 3 is 2.32 bits per heavy atom. The number of hydrogen-bond donors (Lipinski definition) is 0. The minimum atomic E-state index is -4.83. The molecular formula is C25H21F5O. The molecule has 3 aromatic rings. The Labute approximate surface area is 177 Å². The van der Waals surface area contributed by atoms with Crippen LogP contribution in [0.15, 0.2) is 48.5 Å². The topological polar surface area (TPSA) is 9.23 Å². The smallest absolute Gasteiger partial charge is 0.406 e. The summed E-state index contributed by atoms with van der Waals surface area (Å²) in [6.45, 7) is 2.14. The summed E-state index contributed by atoms with van der Waals surface area (Å²) in [5, 5.41) is 0. The number of rotatable bonds is 6. The van der Waals surface area contributed by atoms with Gasteiger partial charge < -0.3 is 4.74 Å². The SMILES string of the molecule is CCCCCc1ccc2c(c1)Cc1c-2cc(F)c(-c2ccc(OC(F)(F)F)cc2)c1F. The molecule has 1 aliphatic carbocycles. The number of unbranched alkanes of at least 4 members (excludes halogenated alkanes) is 2. The first-order valence-electron chi connectivity index (χ1n) is 10.3. The van der Waals surface area contributed by atoms with Crippen LogP contribution in [0.2, 0.25) is 0 Å². The molecule has 0 heterocycles. The predicted molar refractivity (Wildman–Crippen MR) is 110 cm³/mol. The summed E-state index contributed by atoms with van der Waals surface area (Å²) in [6, 6.07) is 11.9. The van der Waals surface area contributed by atoms with E-state index in [1.54, 1.807) is 0 Å². The van der Waals surface area contributed by atoms with Crippen LogP contribution in [0.3, 0.4) is 0 Å². The first-order chi connectivity index (χ1) is 14.8. The third kappa shape index (κ3) is 4.43. The molecule has 1 aliphatic rings. The molecule has 0 unspecified atom stereocenters. The zero-order valence-electron chi connectivity index (χ0n) is 17.0. The van der Waals surface area contributed by atoms with E-state index < -0.39 is 23.7 Å². The zero-order chi connectivity index (χ0) is 22.2. The summed E-state index contributed by atoms with van der Waals surface area (Å²) in [5.41, 5.74) is 3.83. The van der Waals surface area contributed by atoms with Crippen LogP contribution in [0, 0.1) is 11.6 Å². The van der Waals surface area contributed by atoms with Crippen LogP contribution in [-0.4, -0.2) is 6.36 Å². The van der Waals surface area contributed by atoms with Gasteiger partial charge in [0.15, 0.2) is 0 Å². The molecule has 0 radical (unpaired) electrons. The number of hydrogen-bond acceptors (Lipinski definition) is 1. The Morgan fingerprint density at radius 1 is 0.903 bits per heavy atom. The zero-order valence-corrected chi connectivity index (χ0v) is 17.0. The molecule has 0 saturated heterocycles. The third-order valence-corrected chi connectivity index (χ3v) is 5.59. The maximum absolute atomic E-state index is 15.4. The maximum Gasteiger partial charge on any atom is 0.573 e. The molecular weight excluding hydrogens is 411 g/mol. The number of aryl methyl sites for hydroxylation is 1. The van der Waals surface area contributed by atoms with Gasteiger partial charge in [0.05, 0.1) is 5.56 Å². The molecule has 0 N–H and O–H groups in total. The second-order valence-corrected chi connectivity index (χ2v) is 7.77. The van der Waals surface area contributed by atoms with Gasteiger partial charge in [-0.15, -0.1) is 13.2 Å². The van der Waals surface area contributed by atoms with E-state index in [-0.39, 0.29) is 11.1 Å². The molecule has 0 bridgehead atoms. The van der Waals surface area contributed by atoms with Crippen molar-refractivity contribution < 1.29 is 26.7 Å². The summed E-state index contributed by atoms with van der Waals surface area (Å²) in [5.74, 6) is -1.87. The van der Waals surface area contributed by atoms with Crippen LogP contribution in [0.5, 0.6) is 5.75 Å². The van der Waals surface area contributed by atoms with Gasteiger partial charge in [-0.25, -0.2) is 8.78 Å². The highest BCUT2D eigenvalue weighted by molar-refractivity contribution is 5.81. The second kappa shape index (κ2) is 8.33. The Bertz CT molecular complexity index is 1100. The van der Waals surface area contributed by atoms with Crippen molar-refractivity contribution in [3.05, 3.63) is 76.9 Å². The van der Waals surface area contributed by atoms with E-state index in [0.717, 1.165) is 48.9 Å². The molecule has 162 valence electrons. The molecule has 1 nitrogen and oxygen atoms in total. The van der Waals surface area contributed by atoms with Gasteiger partial charge in [0, 0.05) is 12.0 Å². The van der Waals surface area contributed by atoms with Crippen LogP contribution >= 0.6 is 0 Å². The van der Waals surface area contributed by atoms with Crippen LogP contribution in [-0.2, 0) is 12.8 Å². The van der Waals surface area contributed by atoms with Gasteiger partial charge >= 0.3 is 6.36 Å². The van der Waals surface area contributed by atoms with Crippen molar-refractivity contribution >= 4 is 0 Å². The molecule has 0 saturated carbocycles. The van der Waals surface area contributed by atoms with Gasteiger partial charge in [-0.05, 0) is 58.9 Å². The summed E-state index contributed by atoms with van der Waals surface area (Å²) in [4.78, 5) is 0. The van der Waals surface area contributed by atoms with Crippen molar-refractivity contribution in [2.24, 2.45) is 0 Å². The monoisotopic (exact) mass is 432 g/mol. The van der Waals surface area contributed by atoms with Gasteiger partial charge in [-0.1, -0.05) is 50.1 Å². The minimum absolute atomic E-state index is 0.156. The number of benzene rings is 3. The highest BCUT2D eigenvalue weighted by Crippen LogP contribution is 2.43. The van der Waals surface area contributed by atoms with Gasteiger partial charge in [-0.3, -0.25) is 0 Å². The van der Waals surface area contributed by atoms with Crippen LogP contribution in [0.25, 0.3) is 22.3 Å². The molecule has 0 atom stereocenters. The molecule has 4 rings (SSSR count). The van der Waals surface area contributed by atoms with Crippen LogP contribution < -0.4 is 4.74 Å². The Balaban J connectivity index is 1.65. The summed E-state index contributed by atoms with van der Waals surface area (Å²) in [7, 11) is 0. The van der Waals surface area contributed by atoms with Crippen molar-refractivity contribution in [1.82, 2.24) is 0 Å². The van der Waals surface area contributed by atoms with Crippen LogP contribution in [0.4, 0.5) is 22.0 Å². The van der Waals surface area contributed by atoms with Crippen molar-refractivity contribution in [1.29, 1.82) is 0 Å². The first kappa shape index (κ1) is 21.3. The number of fused-ring (bicyclic) bond motifs is 3. The van der Waals surface area contributed by atoms with E-state index in [1.807, 2.05) is 12.1 Å². The number of alkyl halides is 3. The molecule has 0 fully saturated rings. The lowest BCUT2D eigenvalue weighted by molar-refractivity contribution is -0.274. The summed E-state index contributed by atoms with van der Waals surface area (Å²) in [6.07, 6.45) is -0.150. The average Bonchev–Trinajstić information content (AvgIpc) is 3.06. The van der Waals surface area contributed by atoms with Gasteiger partial charge in [-0.2, -0.15) is 0 Å². The number of ether oxygens (including phenoxy) is 1. The number of halogens is 5. The van der Waals surface area contributed by atoms with E-state index >= 15 is 4.39 Å². The van der Waals surface area contributed by atoms with Crippen LogP contribution in [0.1, 0.15) is 42.9 Å².